The molecule has 0 aromatic carbocycles. The number of carbonyl (C=O) groups excluding carboxylic acids is 1. The van der Waals surface area contributed by atoms with Crippen LogP contribution in [0.2, 0.25) is 0 Å². The van der Waals surface area contributed by atoms with Gasteiger partial charge in [0.15, 0.2) is 0 Å². The number of azide groups is 1. The van der Waals surface area contributed by atoms with Gasteiger partial charge in [0, 0.05) is 24.5 Å². The second-order valence-corrected chi connectivity index (χ2v) is 6.88. The second-order valence-electron chi connectivity index (χ2n) is 6.88. The van der Waals surface area contributed by atoms with E-state index in [-0.39, 0.29) is 6.09 Å². The molecule has 0 spiro atoms. The van der Waals surface area contributed by atoms with Gasteiger partial charge >= 0.3 is 6.09 Å². The van der Waals surface area contributed by atoms with Crippen molar-refractivity contribution in [2.24, 2.45) is 5.11 Å². The molecule has 1 amide bonds. The Morgan fingerprint density at radius 2 is 1.63 bits per heavy atom. The summed E-state index contributed by atoms with van der Waals surface area (Å²) in [7, 11) is 2.01. The van der Waals surface area contributed by atoms with Gasteiger partial charge in [0.2, 0.25) is 0 Å². The Labute approximate surface area is 162 Å². The molecule has 0 bridgehead atoms. The first kappa shape index (κ1) is 25.4. The fraction of sp³-hybridized carbons (Fsp3) is 0.941. The fourth-order valence-corrected chi connectivity index (χ4v) is 1.88. The maximum Gasteiger partial charge on any atom is 0.407 e. The van der Waals surface area contributed by atoms with E-state index in [1.165, 1.54) is 0 Å². The number of amides is 1. The van der Waals surface area contributed by atoms with Crippen molar-refractivity contribution in [1.82, 2.24) is 10.2 Å². The Kier molecular flexibility index (Phi) is 15.6. The van der Waals surface area contributed by atoms with Gasteiger partial charge in [-0.15, -0.1) is 0 Å². The average molecular weight is 389 g/mol. The standard InChI is InChI=1S/C17H35N5O5/c1-17(2,3)27-16(23)19-6-5-8-22(4)9-11-25-13-15-26-14-12-24-10-7-20-21-18/h5-15H2,1-4H3,(H,19,23). The largest absolute Gasteiger partial charge is 0.444 e. The normalized spacial score (nSPS) is 11.3. The molecular weight excluding hydrogens is 354 g/mol. The molecule has 0 aromatic heterocycles. The average Bonchev–Trinajstić information content (AvgIpc) is 2.58. The van der Waals surface area contributed by atoms with Gasteiger partial charge in [0.05, 0.1) is 39.6 Å². The Morgan fingerprint density at radius 1 is 1.04 bits per heavy atom. The minimum atomic E-state index is -0.470. The summed E-state index contributed by atoms with van der Waals surface area (Å²) in [5, 5.41) is 6.11. The van der Waals surface area contributed by atoms with E-state index in [0.717, 1.165) is 19.5 Å². The van der Waals surface area contributed by atoms with Crippen LogP contribution in [0.5, 0.6) is 0 Å². The van der Waals surface area contributed by atoms with Crippen LogP contribution in [0.15, 0.2) is 5.11 Å². The van der Waals surface area contributed by atoms with E-state index >= 15 is 0 Å². The molecule has 0 aliphatic rings. The molecule has 0 fully saturated rings. The van der Waals surface area contributed by atoms with Crippen molar-refractivity contribution in [3.8, 4) is 0 Å². The van der Waals surface area contributed by atoms with Crippen LogP contribution >= 0.6 is 0 Å². The molecule has 0 aromatic rings. The van der Waals surface area contributed by atoms with Gasteiger partial charge in [-0.25, -0.2) is 4.79 Å². The second kappa shape index (κ2) is 16.6. The first-order valence-electron chi connectivity index (χ1n) is 9.24. The first-order valence-corrected chi connectivity index (χ1v) is 9.24. The summed E-state index contributed by atoms with van der Waals surface area (Å²) in [6, 6.07) is 0. The zero-order chi connectivity index (χ0) is 20.4. The maximum atomic E-state index is 11.5. The predicted octanol–water partition coefficient (Wildman–Crippen LogP) is 2.19. The quantitative estimate of drug-likeness (QED) is 0.187. The molecule has 0 aliphatic heterocycles. The number of hydrogen-bond acceptors (Lipinski definition) is 7. The lowest BCUT2D eigenvalue weighted by atomic mass is 10.2. The Hall–Kier alpha value is -1.58. The van der Waals surface area contributed by atoms with Crippen molar-refractivity contribution >= 4 is 6.09 Å². The summed E-state index contributed by atoms with van der Waals surface area (Å²) in [5.41, 5.74) is 7.62. The van der Waals surface area contributed by atoms with E-state index in [4.69, 9.17) is 24.5 Å². The van der Waals surface area contributed by atoms with E-state index in [2.05, 4.69) is 20.2 Å². The molecule has 1 N–H and O–H groups in total. The van der Waals surface area contributed by atoms with Crippen molar-refractivity contribution in [1.29, 1.82) is 0 Å². The summed E-state index contributed by atoms with van der Waals surface area (Å²) in [6.07, 6.45) is 0.466. The number of carbonyl (C=O) groups is 1. The third kappa shape index (κ3) is 20.6. The Balaban J connectivity index is 3.33. The molecule has 0 atom stereocenters. The molecule has 27 heavy (non-hydrogen) atoms. The van der Waals surface area contributed by atoms with E-state index in [1.54, 1.807) is 0 Å². The number of likely N-dealkylation sites (N-methyl/N-ethyl adjacent to an activating group) is 1. The molecule has 10 heteroatoms. The minimum absolute atomic E-state index is 0.337. The molecule has 0 radical (unpaired) electrons. The van der Waals surface area contributed by atoms with Crippen LogP contribution in [0.3, 0.4) is 0 Å². The van der Waals surface area contributed by atoms with E-state index in [9.17, 15) is 4.79 Å². The van der Waals surface area contributed by atoms with E-state index in [1.807, 2.05) is 27.8 Å². The molecule has 10 nitrogen and oxygen atoms in total. The van der Waals surface area contributed by atoms with Crippen molar-refractivity contribution in [3.63, 3.8) is 0 Å². The molecule has 0 rings (SSSR count). The molecule has 158 valence electrons. The van der Waals surface area contributed by atoms with Crippen molar-refractivity contribution in [3.05, 3.63) is 10.4 Å². The van der Waals surface area contributed by atoms with Crippen molar-refractivity contribution in [2.45, 2.75) is 32.8 Å². The van der Waals surface area contributed by atoms with Gasteiger partial charge in [-0.3, -0.25) is 0 Å². The lowest BCUT2D eigenvalue weighted by molar-refractivity contribution is 0.0128. The van der Waals surface area contributed by atoms with Gasteiger partial charge in [0.25, 0.3) is 0 Å². The molecular formula is C17H35N5O5. The number of nitrogens with one attached hydrogen (secondary N) is 1. The van der Waals surface area contributed by atoms with Crippen LogP contribution in [0.4, 0.5) is 4.79 Å². The highest BCUT2D eigenvalue weighted by Crippen LogP contribution is 2.06. The van der Waals surface area contributed by atoms with Gasteiger partial charge in [-0.05, 0) is 46.3 Å². The van der Waals surface area contributed by atoms with Crippen LogP contribution in [0.1, 0.15) is 27.2 Å². The highest BCUT2D eigenvalue weighted by molar-refractivity contribution is 5.67. The monoisotopic (exact) mass is 389 g/mol. The van der Waals surface area contributed by atoms with Crippen LogP contribution in [0, 0.1) is 0 Å². The Bertz CT molecular complexity index is 424. The summed E-state index contributed by atoms with van der Waals surface area (Å²) in [5.74, 6) is 0. The molecule has 0 unspecified atom stereocenters. The first-order chi connectivity index (χ1) is 12.8. The molecule has 0 saturated carbocycles. The van der Waals surface area contributed by atoms with Crippen molar-refractivity contribution in [2.75, 3.05) is 72.9 Å². The highest BCUT2D eigenvalue weighted by Gasteiger charge is 2.15. The summed E-state index contributed by atoms with van der Waals surface area (Å²) in [6.45, 7) is 11.2. The van der Waals surface area contributed by atoms with Crippen LogP contribution in [0.25, 0.3) is 10.4 Å². The topological polar surface area (TPSA) is 118 Å². The van der Waals surface area contributed by atoms with Gasteiger partial charge in [-0.2, -0.15) is 0 Å². The van der Waals surface area contributed by atoms with Gasteiger partial charge in [0.1, 0.15) is 5.60 Å². The minimum Gasteiger partial charge on any atom is -0.444 e. The van der Waals surface area contributed by atoms with Gasteiger partial charge in [-0.1, -0.05) is 5.11 Å². The highest BCUT2D eigenvalue weighted by atomic mass is 16.6. The van der Waals surface area contributed by atoms with Crippen LogP contribution in [-0.4, -0.2) is 89.5 Å². The lowest BCUT2D eigenvalue weighted by Crippen LogP contribution is -2.34. The Morgan fingerprint density at radius 3 is 2.22 bits per heavy atom. The number of ether oxygens (including phenoxy) is 4. The third-order valence-corrected chi connectivity index (χ3v) is 3.15. The van der Waals surface area contributed by atoms with Crippen LogP contribution in [-0.2, 0) is 18.9 Å². The van der Waals surface area contributed by atoms with Crippen LogP contribution < -0.4 is 5.32 Å². The molecule has 0 saturated heterocycles. The zero-order valence-corrected chi connectivity index (χ0v) is 17.1. The van der Waals surface area contributed by atoms with Crippen molar-refractivity contribution < 1.29 is 23.7 Å². The number of rotatable bonds is 16. The molecule has 0 aliphatic carbocycles. The fourth-order valence-electron chi connectivity index (χ4n) is 1.88. The van der Waals surface area contributed by atoms with E-state index < -0.39 is 5.60 Å². The summed E-state index contributed by atoms with van der Waals surface area (Å²) < 4.78 is 21.3. The smallest absolute Gasteiger partial charge is 0.407 e. The molecule has 0 heterocycles. The maximum absolute atomic E-state index is 11.5. The van der Waals surface area contributed by atoms with Gasteiger partial charge < -0.3 is 29.2 Å². The summed E-state index contributed by atoms with van der Waals surface area (Å²) >= 11 is 0. The number of alkyl carbamates (subject to hydrolysis) is 1. The third-order valence-electron chi connectivity index (χ3n) is 3.15. The lowest BCUT2D eigenvalue weighted by Gasteiger charge is -2.20. The SMILES string of the molecule is CN(CCCNC(=O)OC(C)(C)C)CCOCCOCCOCCN=[N+]=[N-]. The summed E-state index contributed by atoms with van der Waals surface area (Å²) in [4.78, 5) is 16.3. The zero-order valence-electron chi connectivity index (χ0n) is 17.1. The van der Waals surface area contributed by atoms with E-state index in [0.29, 0.717) is 52.7 Å². The number of nitrogens with zero attached hydrogens (tertiary/aromatic N) is 4. The number of hydrogen-bond donors (Lipinski definition) is 1. The predicted molar refractivity (Wildman–Crippen MR) is 103 cm³/mol.